The van der Waals surface area contributed by atoms with Crippen LogP contribution < -0.4 is 10.6 Å². The average Bonchev–Trinajstić information content (AvgIpc) is 3.12. The first-order valence-electron chi connectivity index (χ1n) is 17.9. The summed E-state index contributed by atoms with van der Waals surface area (Å²) in [6, 6.07) is 16.2. The summed E-state index contributed by atoms with van der Waals surface area (Å²) in [6.07, 6.45) is 1.37. The highest BCUT2D eigenvalue weighted by atomic mass is 19.3. The number of pyridine rings is 1. The topological polar surface area (TPSA) is 100 Å². The predicted molar refractivity (Wildman–Crippen MR) is 194 cm³/mol. The summed E-state index contributed by atoms with van der Waals surface area (Å²) in [5, 5.41) is 6.23. The first-order valence-corrected chi connectivity index (χ1v) is 17.9. The Morgan fingerprint density at radius 3 is 2.45 bits per heavy atom. The van der Waals surface area contributed by atoms with Gasteiger partial charge in [0.2, 0.25) is 11.8 Å². The lowest BCUT2D eigenvalue weighted by Crippen LogP contribution is -2.39. The van der Waals surface area contributed by atoms with E-state index in [4.69, 9.17) is 0 Å². The van der Waals surface area contributed by atoms with E-state index >= 15 is 4.39 Å². The number of fused-ring (bicyclic) bond motifs is 1. The fraction of sp³-hybridized carbons (Fsp3) is 0.341. The monoisotopic (exact) mass is 724 g/mol. The number of aryl methyl sites for hydroxylation is 2. The van der Waals surface area contributed by atoms with Gasteiger partial charge in [-0.1, -0.05) is 36.4 Å². The Bertz CT molecular complexity index is 2200. The van der Waals surface area contributed by atoms with Gasteiger partial charge in [0.25, 0.3) is 6.43 Å². The van der Waals surface area contributed by atoms with E-state index in [1.54, 1.807) is 32.2 Å². The van der Waals surface area contributed by atoms with E-state index in [2.05, 4.69) is 49.5 Å². The van der Waals surface area contributed by atoms with Crippen molar-refractivity contribution in [1.29, 1.82) is 0 Å². The van der Waals surface area contributed by atoms with Gasteiger partial charge >= 0.3 is 0 Å². The molecule has 2 fully saturated rings. The molecule has 4 heterocycles. The third-order valence-corrected chi connectivity index (χ3v) is 10.5. The van der Waals surface area contributed by atoms with Crippen molar-refractivity contribution in [3.63, 3.8) is 0 Å². The van der Waals surface area contributed by atoms with Crippen molar-refractivity contribution in [3.05, 3.63) is 118 Å². The van der Waals surface area contributed by atoms with Gasteiger partial charge in [0.1, 0.15) is 23.3 Å². The number of likely N-dealkylation sites (tertiary alicyclic amines) is 1. The molecule has 3 aromatic carbocycles. The van der Waals surface area contributed by atoms with Crippen LogP contribution in [-0.4, -0.2) is 44.8 Å². The number of rotatable bonds is 9. The molecule has 2 aliphatic rings. The van der Waals surface area contributed by atoms with Crippen LogP contribution in [0.15, 0.2) is 66.9 Å². The predicted octanol–water partition coefficient (Wildman–Crippen LogP) is 8.60. The van der Waals surface area contributed by atoms with Crippen molar-refractivity contribution in [2.24, 2.45) is 0 Å². The number of halogens is 4. The zero-order valence-electron chi connectivity index (χ0n) is 29.7. The van der Waals surface area contributed by atoms with E-state index in [1.807, 2.05) is 12.1 Å². The molecule has 12 heteroatoms. The van der Waals surface area contributed by atoms with Crippen molar-refractivity contribution in [1.82, 2.24) is 25.2 Å². The second kappa shape index (κ2) is 15.0. The Kier molecular flexibility index (Phi) is 10.2. The highest BCUT2D eigenvalue weighted by Gasteiger charge is 2.29. The molecule has 2 saturated heterocycles. The standard InChI is InChI=1S/C41H40F4N6O2/c1-22-17-26(31-10-12-37(52)50-41(31)53)7-9-29(22)25-13-15-51(16-14-25)21-28-18-27(8-11-34(28)42)35-19-33-36(20-46-35)48-24(3)49-40(33)47-23(2)30-5-4-6-32(38(30)43)39(44)45/h4-9,11,17-20,23,25,31,39H,10,12-16,21H2,1-3H3,(H,47,48,49)(H,50,52,53)/t23-,31?/m1/s1. The van der Waals surface area contributed by atoms with E-state index < -0.39 is 23.8 Å². The van der Waals surface area contributed by atoms with E-state index in [9.17, 15) is 22.8 Å². The SMILES string of the molecule is Cc1nc(N[C@H](C)c2cccc(C(F)F)c2F)c2cc(-c3ccc(F)c(CN4CCC(c5ccc(C6CCC(=O)NC6=O)cc5C)CC4)c3)ncc2n1. The smallest absolute Gasteiger partial charge is 0.266 e. The van der Waals surface area contributed by atoms with Crippen molar-refractivity contribution in [2.45, 2.75) is 77.3 Å². The van der Waals surface area contributed by atoms with Crippen LogP contribution in [0.2, 0.25) is 0 Å². The maximum atomic E-state index is 15.3. The Morgan fingerprint density at radius 1 is 0.943 bits per heavy atom. The molecular formula is C41H40F4N6O2. The van der Waals surface area contributed by atoms with Crippen LogP contribution in [0, 0.1) is 25.5 Å². The highest BCUT2D eigenvalue weighted by Crippen LogP contribution is 2.35. The number of piperidine rings is 2. The van der Waals surface area contributed by atoms with Crippen molar-refractivity contribution in [2.75, 3.05) is 18.4 Å². The van der Waals surface area contributed by atoms with Gasteiger partial charge in [-0.25, -0.2) is 27.5 Å². The highest BCUT2D eigenvalue weighted by molar-refractivity contribution is 6.01. The number of imide groups is 1. The molecule has 0 spiro atoms. The molecule has 2 N–H and O–H groups in total. The van der Waals surface area contributed by atoms with Gasteiger partial charge in [-0.05, 0) is 100.0 Å². The first-order chi connectivity index (χ1) is 25.4. The Hall–Kier alpha value is -5.23. The van der Waals surface area contributed by atoms with E-state index in [0.717, 1.165) is 43.1 Å². The van der Waals surface area contributed by atoms with Crippen LogP contribution in [0.4, 0.5) is 23.4 Å². The summed E-state index contributed by atoms with van der Waals surface area (Å²) in [5.74, 6) is -0.830. The summed E-state index contributed by atoms with van der Waals surface area (Å²) in [7, 11) is 0. The van der Waals surface area contributed by atoms with Gasteiger partial charge in [-0.3, -0.25) is 24.8 Å². The molecule has 2 atom stereocenters. The number of nitrogens with one attached hydrogen (secondary N) is 2. The van der Waals surface area contributed by atoms with Crippen LogP contribution in [0.1, 0.15) is 96.1 Å². The van der Waals surface area contributed by atoms with Crippen LogP contribution in [-0.2, 0) is 16.1 Å². The number of hydrogen-bond acceptors (Lipinski definition) is 7. The average molecular weight is 725 g/mol. The normalized spacial score (nSPS) is 17.7. The molecule has 1 unspecified atom stereocenters. The van der Waals surface area contributed by atoms with Gasteiger partial charge in [0, 0.05) is 35.0 Å². The van der Waals surface area contributed by atoms with Crippen LogP contribution >= 0.6 is 0 Å². The number of alkyl halides is 2. The summed E-state index contributed by atoms with van der Waals surface area (Å²) in [5.41, 5.74) is 5.13. The maximum absolute atomic E-state index is 15.3. The first kappa shape index (κ1) is 36.1. The van der Waals surface area contributed by atoms with Gasteiger partial charge in [0.15, 0.2) is 0 Å². The Labute approximate surface area is 305 Å². The molecule has 5 aromatic rings. The van der Waals surface area contributed by atoms with Gasteiger partial charge in [-0.15, -0.1) is 0 Å². The summed E-state index contributed by atoms with van der Waals surface area (Å²) < 4.78 is 57.0. The van der Waals surface area contributed by atoms with Gasteiger partial charge in [0.05, 0.1) is 34.9 Å². The molecule has 0 saturated carbocycles. The van der Waals surface area contributed by atoms with Crippen LogP contribution in [0.3, 0.4) is 0 Å². The largest absolute Gasteiger partial charge is 0.363 e. The second-order valence-electron chi connectivity index (χ2n) is 14.1. The molecule has 53 heavy (non-hydrogen) atoms. The zero-order chi connectivity index (χ0) is 37.4. The number of anilines is 1. The fourth-order valence-electron chi connectivity index (χ4n) is 7.65. The molecule has 2 amide bonds. The number of nitrogens with zero attached hydrogens (tertiary/aromatic N) is 4. The van der Waals surface area contributed by atoms with Crippen LogP contribution in [0.25, 0.3) is 22.2 Å². The Morgan fingerprint density at radius 2 is 1.72 bits per heavy atom. The van der Waals surface area contributed by atoms with Crippen molar-refractivity contribution in [3.8, 4) is 11.3 Å². The van der Waals surface area contributed by atoms with Crippen molar-refractivity contribution >= 4 is 28.5 Å². The lowest BCUT2D eigenvalue weighted by molar-refractivity contribution is -0.134. The number of aromatic nitrogens is 3. The number of carbonyl (C=O) groups excluding carboxylic acids is 2. The number of carbonyl (C=O) groups is 2. The molecule has 0 bridgehead atoms. The number of benzene rings is 3. The summed E-state index contributed by atoms with van der Waals surface area (Å²) in [4.78, 5) is 39.9. The lowest BCUT2D eigenvalue weighted by Gasteiger charge is -2.33. The molecule has 2 aromatic heterocycles. The molecule has 8 nitrogen and oxygen atoms in total. The molecule has 0 aliphatic carbocycles. The fourth-order valence-corrected chi connectivity index (χ4v) is 7.65. The van der Waals surface area contributed by atoms with E-state index in [0.29, 0.717) is 64.7 Å². The minimum Gasteiger partial charge on any atom is -0.363 e. The quantitative estimate of drug-likeness (QED) is 0.116. The van der Waals surface area contributed by atoms with E-state index in [-0.39, 0.29) is 29.1 Å². The minimum atomic E-state index is -2.94. The van der Waals surface area contributed by atoms with Gasteiger partial charge in [-0.2, -0.15) is 0 Å². The maximum Gasteiger partial charge on any atom is 0.266 e. The molecule has 0 radical (unpaired) electrons. The number of hydrogen-bond donors (Lipinski definition) is 2. The molecular weight excluding hydrogens is 684 g/mol. The van der Waals surface area contributed by atoms with E-state index in [1.165, 1.54) is 23.8 Å². The molecule has 7 rings (SSSR count). The lowest BCUT2D eigenvalue weighted by atomic mass is 9.83. The zero-order valence-corrected chi connectivity index (χ0v) is 29.7. The summed E-state index contributed by atoms with van der Waals surface area (Å²) >= 11 is 0. The third kappa shape index (κ3) is 7.64. The minimum absolute atomic E-state index is 0.0894. The third-order valence-electron chi connectivity index (χ3n) is 10.5. The van der Waals surface area contributed by atoms with Crippen LogP contribution in [0.5, 0.6) is 0 Å². The molecule has 2 aliphatic heterocycles. The second-order valence-corrected chi connectivity index (χ2v) is 14.1. The Balaban J connectivity index is 1.05. The van der Waals surface area contributed by atoms with Gasteiger partial charge < -0.3 is 5.32 Å². The molecule has 274 valence electrons. The summed E-state index contributed by atoms with van der Waals surface area (Å²) in [6.45, 7) is 7.49. The number of amides is 2. The van der Waals surface area contributed by atoms with Crippen molar-refractivity contribution < 1.29 is 27.2 Å².